The first-order chi connectivity index (χ1) is 18.4. The van der Waals surface area contributed by atoms with Crippen molar-refractivity contribution in [3.8, 4) is 5.75 Å². The number of nitrogens with one attached hydrogen (secondary N) is 1. The van der Waals surface area contributed by atoms with Gasteiger partial charge in [-0.25, -0.2) is 4.79 Å². The second-order valence-corrected chi connectivity index (χ2v) is 9.31. The second-order valence-electron chi connectivity index (χ2n) is 9.31. The van der Waals surface area contributed by atoms with Crippen molar-refractivity contribution in [3.63, 3.8) is 0 Å². The van der Waals surface area contributed by atoms with E-state index in [4.69, 9.17) is 13.9 Å². The van der Waals surface area contributed by atoms with E-state index in [1.807, 2.05) is 6.07 Å². The summed E-state index contributed by atoms with van der Waals surface area (Å²) < 4.78 is 16.4. The number of carbonyl (C=O) groups is 2. The van der Waals surface area contributed by atoms with Crippen LogP contribution >= 0.6 is 0 Å². The molecule has 0 fully saturated rings. The van der Waals surface area contributed by atoms with Gasteiger partial charge >= 0.3 is 5.97 Å². The normalized spacial score (nSPS) is 19.1. The van der Waals surface area contributed by atoms with Crippen LogP contribution < -0.4 is 10.1 Å². The maximum atomic E-state index is 13.6. The van der Waals surface area contributed by atoms with Crippen LogP contribution in [-0.4, -0.2) is 23.8 Å². The van der Waals surface area contributed by atoms with Crippen molar-refractivity contribution in [2.24, 2.45) is 0 Å². The summed E-state index contributed by atoms with van der Waals surface area (Å²) in [4.78, 5) is 38.1. The second kappa shape index (κ2) is 10.4. The van der Waals surface area contributed by atoms with E-state index in [-0.39, 0.29) is 36.0 Å². The fourth-order valence-electron chi connectivity index (χ4n) is 5.13. The van der Waals surface area contributed by atoms with Crippen molar-refractivity contribution in [1.29, 1.82) is 0 Å². The van der Waals surface area contributed by atoms with E-state index in [1.165, 1.54) is 12.1 Å². The van der Waals surface area contributed by atoms with Gasteiger partial charge in [-0.1, -0.05) is 24.3 Å². The van der Waals surface area contributed by atoms with Gasteiger partial charge < -0.3 is 19.2 Å². The number of hydrogen-bond donors (Lipinski definition) is 1. The summed E-state index contributed by atoms with van der Waals surface area (Å²) in [6.07, 6.45) is 2.28. The molecule has 1 aliphatic heterocycles. The van der Waals surface area contributed by atoms with Crippen LogP contribution in [0.2, 0.25) is 0 Å². The Morgan fingerprint density at radius 2 is 1.92 bits per heavy atom. The fourth-order valence-corrected chi connectivity index (χ4v) is 5.13. The van der Waals surface area contributed by atoms with Gasteiger partial charge in [0.2, 0.25) is 0 Å². The quantitative estimate of drug-likeness (QED) is 0.256. The van der Waals surface area contributed by atoms with Gasteiger partial charge in [0.05, 0.1) is 23.9 Å². The molecular weight excluding hydrogens is 488 g/mol. The number of ether oxygens (including phenoxy) is 2. The minimum absolute atomic E-state index is 0.0156. The maximum Gasteiger partial charge on any atom is 0.337 e. The van der Waals surface area contributed by atoms with Gasteiger partial charge in [0.15, 0.2) is 5.78 Å². The molecule has 1 N–H and O–H groups in total. The molecule has 2 heterocycles. The number of carbonyl (C=O) groups excluding carboxylic acids is 2. The van der Waals surface area contributed by atoms with E-state index in [9.17, 15) is 19.7 Å². The summed E-state index contributed by atoms with van der Waals surface area (Å²) in [6.45, 7) is 1.76. The average molecular weight is 515 g/mol. The Balaban J connectivity index is 1.51. The van der Waals surface area contributed by atoms with E-state index < -0.39 is 16.8 Å². The molecule has 1 aliphatic carbocycles. The lowest BCUT2D eigenvalue weighted by molar-refractivity contribution is -0.384. The number of methoxy groups -OCH3 is 1. The van der Waals surface area contributed by atoms with Crippen LogP contribution in [0.5, 0.6) is 5.75 Å². The van der Waals surface area contributed by atoms with Crippen LogP contribution in [0.1, 0.15) is 48.5 Å². The number of benzene rings is 2. The van der Waals surface area contributed by atoms with Crippen LogP contribution in [0.25, 0.3) is 0 Å². The third-order valence-electron chi connectivity index (χ3n) is 6.94. The van der Waals surface area contributed by atoms with Crippen molar-refractivity contribution >= 4 is 17.4 Å². The third kappa shape index (κ3) is 4.82. The lowest BCUT2D eigenvalue weighted by Crippen LogP contribution is -2.36. The summed E-state index contributed by atoms with van der Waals surface area (Å²) in [7, 11) is 1.57. The maximum absolute atomic E-state index is 13.6. The Morgan fingerprint density at radius 1 is 1.13 bits per heavy atom. The number of allylic oxidation sites excluding steroid dienone is 3. The first-order valence-electron chi connectivity index (χ1n) is 12.2. The Hall–Kier alpha value is -4.66. The van der Waals surface area contributed by atoms with Crippen LogP contribution in [0.4, 0.5) is 5.69 Å². The molecule has 0 saturated heterocycles. The standard InChI is InChI=1S/C29H26N2O7/c1-17-26(29(33)38-16-18-8-10-22(36-2)11-9-18)27(19-5-3-6-21(13-19)31(34)35)28-23(30-17)14-20(15-24(28)32)25-7-4-12-37-25/h3-13,20,27,30H,14-16H2,1-2H3/t20-,27-/m1/s1. The molecule has 0 unspecified atom stereocenters. The number of nitro groups is 1. The molecule has 194 valence electrons. The number of Topliss-reactive ketones (excluding diaryl/α,β-unsaturated/α-hetero) is 1. The monoisotopic (exact) mass is 514 g/mol. The molecular formula is C29H26N2O7. The molecule has 0 amide bonds. The molecule has 2 atom stereocenters. The first-order valence-corrected chi connectivity index (χ1v) is 12.2. The predicted octanol–water partition coefficient (Wildman–Crippen LogP) is 5.30. The molecule has 2 aromatic carbocycles. The van der Waals surface area contributed by atoms with E-state index >= 15 is 0 Å². The van der Waals surface area contributed by atoms with E-state index in [1.54, 1.807) is 62.8 Å². The zero-order valence-corrected chi connectivity index (χ0v) is 20.9. The van der Waals surface area contributed by atoms with Crippen molar-refractivity contribution in [2.75, 3.05) is 7.11 Å². The zero-order chi connectivity index (χ0) is 26.8. The van der Waals surface area contributed by atoms with Gasteiger partial charge in [-0.3, -0.25) is 14.9 Å². The highest BCUT2D eigenvalue weighted by Crippen LogP contribution is 2.46. The summed E-state index contributed by atoms with van der Waals surface area (Å²) in [5, 5.41) is 14.8. The molecule has 5 rings (SSSR count). The summed E-state index contributed by atoms with van der Waals surface area (Å²) in [5.41, 5.74) is 3.02. The summed E-state index contributed by atoms with van der Waals surface area (Å²) >= 11 is 0. The van der Waals surface area contributed by atoms with Crippen molar-refractivity contribution < 1.29 is 28.4 Å². The molecule has 38 heavy (non-hydrogen) atoms. The van der Waals surface area contributed by atoms with Crippen LogP contribution in [0.15, 0.2) is 93.9 Å². The smallest absolute Gasteiger partial charge is 0.337 e. The van der Waals surface area contributed by atoms with Gasteiger partial charge in [0.25, 0.3) is 5.69 Å². The van der Waals surface area contributed by atoms with Gasteiger partial charge in [-0.05, 0) is 48.7 Å². The molecule has 9 heteroatoms. The van der Waals surface area contributed by atoms with Gasteiger partial charge in [-0.2, -0.15) is 0 Å². The minimum Gasteiger partial charge on any atom is -0.497 e. The average Bonchev–Trinajstić information content (AvgIpc) is 3.46. The highest BCUT2D eigenvalue weighted by atomic mass is 16.6. The lowest BCUT2D eigenvalue weighted by Gasteiger charge is -2.36. The van der Waals surface area contributed by atoms with E-state index in [0.717, 1.165) is 5.56 Å². The van der Waals surface area contributed by atoms with Gasteiger partial charge in [-0.15, -0.1) is 0 Å². The van der Waals surface area contributed by atoms with E-state index in [0.29, 0.717) is 40.5 Å². The third-order valence-corrected chi connectivity index (χ3v) is 6.94. The first kappa shape index (κ1) is 25.0. The number of hydrogen-bond acceptors (Lipinski definition) is 8. The molecule has 0 spiro atoms. The lowest BCUT2D eigenvalue weighted by atomic mass is 9.72. The number of dihydropyridines is 1. The van der Waals surface area contributed by atoms with Gasteiger partial charge in [0.1, 0.15) is 18.1 Å². The SMILES string of the molecule is COc1ccc(COC(=O)C2=C(C)NC3=C(C(=O)C[C@H](c4ccco4)C3)[C@@H]2c2cccc([N+](=O)[O-])c2)cc1. The van der Waals surface area contributed by atoms with Crippen molar-refractivity contribution in [1.82, 2.24) is 5.32 Å². The highest BCUT2D eigenvalue weighted by Gasteiger charge is 2.42. The zero-order valence-electron chi connectivity index (χ0n) is 20.9. The highest BCUT2D eigenvalue weighted by molar-refractivity contribution is 6.04. The largest absolute Gasteiger partial charge is 0.497 e. The molecule has 9 nitrogen and oxygen atoms in total. The Labute approximate surface area is 218 Å². The molecule has 0 bridgehead atoms. The number of nitro benzene ring substituents is 1. The Morgan fingerprint density at radius 3 is 2.61 bits per heavy atom. The number of furan rings is 1. The van der Waals surface area contributed by atoms with Crippen LogP contribution in [0.3, 0.4) is 0 Å². The van der Waals surface area contributed by atoms with Gasteiger partial charge in [0, 0.05) is 47.4 Å². The molecule has 0 saturated carbocycles. The van der Waals surface area contributed by atoms with Crippen molar-refractivity contribution in [2.45, 2.75) is 38.2 Å². The number of ketones is 1. The van der Waals surface area contributed by atoms with Crippen LogP contribution in [0, 0.1) is 10.1 Å². The Bertz CT molecular complexity index is 1450. The topological polar surface area (TPSA) is 121 Å². The predicted molar refractivity (Wildman–Crippen MR) is 137 cm³/mol. The number of nitrogens with zero attached hydrogens (tertiary/aromatic N) is 1. The number of esters is 1. The molecule has 1 aromatic heterocycles. The minimum atomic E-state index is -0.806. The van der Waals surface area contributed by atoms with E-state index in [2.05, 4.69) is 5.32 Å². The summed E-state index contributed by atoms with van der Waals surface area (Å²) in [6, 6.07) is 16.8. The molecule has 2 aliphatic rings. The number of non-ortho nitro benzene ring substituents is 1. The fraction of sp³-hybridized carbons (Fsp3) is 0.241. The van der Waals surface area contributed by atoms with Crippen LogP contribution in [-0.2, 0) is 20.9 Å². The van der Waals surface area contributed by atoms with Crippen molar-refractivity contribution in [3.05, 3.63) is 116 Å². The molecule has 3 aromatic rings. The summed E-state index contributed by atoms with van der Waals surface area (Å²) in [5.74, 6) is -0.307. The Kier molecular flexibility index (Phi) is 6.83. The number of rotatable bonds is 7. The molecule has 0 radical (unpaired) electrons.